The summed E-state index contributed by atoms with van der Waals surface area (Å²) >= 11 is 0. The van der Waals surface area contributed by atoms with Crippen LogP contribution in [0.25, 0.3) is 0 Å². The van der Waals surface area contributed by atoms with Crippen molar-refractivity contribution in [3.63, 3.8) is 0 Å². The van der Waals surface area contributed by atoms with Gasteiger partial charge >= 0.3 is 0 Å². The van der Waals surface area contributed by atoms with Crippen molar-refractivity contribution in [1.29, 1.82) is 0 Å². The summed E-state index contributed by atoms with van der Waals surface area (Å²) in [5, 5.41) is 5.72. The number of rotatable bonds is 4. The number of Topliss-reactive ketones (excluding diaryl/α,β-unsaturated/α-hetero) is 1. The van der Waals surface area contributed by atoms with Crippen molar-refractivity contribution in [3.8, 4) is 0 Å². The van der Waals surface area contributed by atoms with E-state index in [1.807, 2.05) is 25.9 Å². The van der Waals surface area contributed by atoms with Crippen LogP contribution in [0.15, 0.2) is 24.3 Å². The highest BCUT2D eigenvalue weighted by Gasteiger charge is 2.73. The lowest BCUT2D eigenvalue weighted by Gasteiger charge is -2.19. The van der Waals surface area contributed by atoms with Gasteiger partial charge in [-0.3, -0.25) is 14.4 Å². The van der Waals surface area contributed by atoms with Crippen LogP contribution in [0.5, 0.6) is 0 Å². The highest BCUT2D eigenvalue weighted by Crippen LogP contribution is 2.62. The Morgan fingerprint density at radius 2 is 2.00 bits per heavy atom. The predicted octanol–water partition coefficient (Wildman–Crippen LogP) is 1.14. The van der Waals surface area contributed by atoms with Crippen molar-refractivity contribution in [2.45, 2.75) is 19.9 Å². The first-order valence-electron chi connectivity index (χ1n) is 8.16. The standard InChI is InChI=1S/C18H23N3O3/c1-10(9-21(3)4)19-16(23)13-14-17(24)20-12-8-6-5-7-11(12)15(22)18(13,14)2/h5-8,10,13-14H,9H2,1-4H3,(H,19,23)(H,20,24)/t10?,13-,14?,18+/m0/s1. The van der Waals surface area contributed by atoms with E-state index in [4.69, 9.17) is 0 Å². The molecule has 0 spiro atoms. The van der Waals surface area contributed by atoms with E-state index in [9.17, 15) is 14.4 Å². The Hall–Kier alpha value is -2.21. The van der Waals surface area contributed by atoms with Crippen LogP contribution >= 0.6 is 0 Å². The molecule has 1 aliphatic heterocycles. The van der Waals surface area contributed by atoms with Gasteiger partial charge in [0.25, 0.3) is 0 Å². The summed E-state index contributed by atoms with van der Waals surface area (Å²) in [6.45, 7) is 4.33. The quantitative estimate of drug-likeness (QED) is 0.868. The van der Waals surface area contributed by atoms with Crippen LogP contribution in [-0.4, -0.2) is 49.2 Å². The second kappa shape index (κ2) is 5.70. The molecule has 1 aromatic rings. The van der Waals surface area contributed by atoms with E-state index in [-0.39, 0.29) is 23.6 Å². The average molecular weight is 329 g/mol. The van der Waals surface area contributed by atoms with Crippen LogP contribution in [0, 0.1) is 17.3 Å². The predicted molar refractivity (Wildman–Crippen MR) is 90.6 cm³/mol. The number of amides is 2. The molecule has 6 nitrogen and oxygen atoms in total. The molecule has 0 radical (unpaired) electrons. The fourth-order valence-electron chi connectivity index (χ4n) is 3.86. The molecule has 1 aliphatic carbocycles. The van der Waals surface area contributed by atoms with Crippen LogP contribution in [0.3, 0.4) is 0 Å². The molecule has 0 bridgehead atoms. The van der Waals surface area contributed by atoms with Crippen molar-refractivity contribution in [2.24, 2.45) is 17.3 Å². The first-order chi connectivity index (χ1) is 11.3. The van der Waals surface area contributed by atoms with Gasteiger partial charge in [0.2, 0.25) is 11.8 Å². The number of likely N-dealkylation sites (N-methyl/N-ethyl adjacent to an activating group) is 1. The molecule has 2 amide bonds. The molecule has 1 fully saturated rings. The molecule has 1 saturated carbocycles. The Morgan fingerprint density at radius 3 is 2.67 bits per heavy atom. The molecule has 6 heteroatoms. The first kappa shape index (κ1) is 16.6. The van der Waals surface area contributed by atoms with E-state index in [2.05, 4.69) is 10.6 Å². The lowest BCUT2D eigenvalue weighted by molar-refractivity contribution is -0.125. The number of hydrogen-bond donors (Lipinski definition) is 2. The monoisotopic (exact) mass is 329 g/mol. The summed E-state index contributed by atoms with van der Waals surface area (Å²) in [4.78, 5) is 40.0. The van der Waals surface area contributed by atoms with Crippen LogP contribution in [-0.2, 0) is 9.59 Å². The third-order valence-electron chi connectivity index (χ3n) is 5.03. The van der Waals surface area contributed by atoms with E-state index in [0.717, 1.165) is 0 Å². The molecule has 1 heterocycles. The molecule has 0 saturated heterocycles. The number of nitrogens with one attached hydrogen (secondary N) is 2. The largest absolute Gasteiger partial charge is 0.352 e. The van der Waals surface area contributed by atoms with Gasteiger partial charge in [0.1, 0.15) is 0 Å². The summed E-state index contributed by atoms with van der Waals surface area (Å²) in [5.74, 6) is -1.83. The Kier molecular flexibility index (Phi) is 3.95. The molecule has 128 valence electrons. The number of ketones is 1. The third-order valence-corrected chi connectivity index (χ3v) is 5.03. The van der Waals surface area contributed by atoms with Crippen molar-refractivity contribution < 1.29 is 14.4 Å². The van der Waals surface area contributed by atoms with Crippen LogP contribution in [0.4, 0.5) is 5.69 Å². The van der Waals surface area contributed by atoms with Gasteiger partial charge in [-0.15, -0.1) is 0 Å². The van der Waals surface area contributed by atoms with Crippen LogP contribution < -0.4 is 10.6 Å². The van der Waals surface area contributed by atoms with Crippen molar-refractivity contribution >= 4 is 23.3 Å². The number of carbonyl (C=O) groups excluding carboxylic acids is 3. The van der Waals surface area contributed by atoms with Crippen molar-refractivity contribution in [2.75, 3.05) is 26.0 Å². The first-order valence-corrected chi connectivity index (χ1v) is 8.16. The zero-order valence-electron chi connectivity index (χ0n) is 14.4. The van der Waals surface area contributed by atoms with E-state index in [1.54, 1.807) is 31.2 Å². The van der Waals surface area contributed by atoms with Crippen LogP contribution in [0.1, 0.15) is 24.2 Å². The molecule has 2 aliphatic rings. The highest BCUT2D eigenvalue weighted by molar-refractivity contribution is 6.19. The maximum Gasteiger partial charge on any atom is 0.229 e. The van der Waals surface area contributed by atoms with Gasteiger partial charge in [0.05, 0.1) is 22.9 Å². The maximum absolute atomic E-state index is 12.9. The highest BCUT2D eigenvalue weighted by atomic mass is 16.2. The lowest BCUT2D eigenvalue weighted by atomic mass is 9.92. The molecule has 3 rings (SSSR count). The summed E-state index contributed by atoms with van der Waals surface area (Å²) in [7, 11) is 3.86. The van der Waals surface area contributed by atoms with Crippen LogP contribution in [0.2, 0.25) is 0 Å². The zero-order valence-corrected chi connectivity index (χ0v) is 14.4. The van der Waals surface area contributed by atoms with E-state index in [1.165, 1.54) is 0 Å². The van der Waals surface area contributed by atoms with E-state index >= 15 is 0 Å². The number of benzene rings is 1. The van der Waals surface area contributed by atoms with Gasteiger partial charge in [-0.2, -0.15) is 0 Å². The molecule has 2 N–H and O–H groups in total. The fourth-order valence-corrected chi connectivity index (χ4v) is 3.86. The second-order valence-corrected chi connectivity index (χ2v) is 7.27. The van der Waals surface area contributed by atoms with E-state index < -0.39 is 17.3 Å². The lowest BCUT2D eigenvalue weighted by Crippen LogP contribution is -2.41. The van der Waals surface area contributed by atoms with Gasteiger partial charge in [-0.05, 0) is 33.2 Å². The van der Waals surface area contributed by atoms with Gasteiger partial charge in [0.15, 0.2) is 5.78 Å². The second-order valence-electron chi connectivity index (χ2n) is 7.27. The van der Waals surface area contributed by atoms with E-state index in [0.29, 0.717) is 17.8 Å². The third kappa shape index (κ3) is 2.51. The van der Waals surface area contributed by atoms with Gasteiger partial charge in [0, 0.05) is 18.2 Å². The molecule has 0 aromatic heterocycles. The van der Waals surface area contributed by atoms with Gasteiger partial charge < -0.3 is 15.5 Å². The Morgan fingerprint density at radius 1 is 1.33 bits per heavy atom. The molecular formula is C18H23N3O3. The normalized spacial score (nSPS) is 29.2. The SMILES string of the molecule is CC(CN(C)C)NC(=O)[C@@H]1C2C(=O)Nc3ccccc3C(=O)[C@@]21C. The Bertz CT molecular complexity index is 715. The van der Waals surface area contributed by atoms with Gasteiger partial charge in [-0.25, -0.2) is 0 Å². The number of nitrogens with zero attached hydrogens (tertiary/aromatic N) is 1. The van der Waals surface area contributed by atoms with Crippen molar-refractivity contribution in [1.82, 2.24) is 10.2 Å². The van der Waals surface area contributed by atoms with Gasteiger partial charge in [-0.1, -0.05) is 19.1 Å². The maximum atomic E-state index is 12.9. The molecule has 1 aromatic carbocycles. The summed E-state index contributed by atoms with van der Waals surface area (Å²) in [6, 6.07) is 6.91. The number of carbonyl (C=O) groups is 3. The summed E-state index contributed by atoms with van der Waals surface area (Å²) in [5.41, 5.74) is 0.0482. The van der Waals surface area contributed by atoms with Crippen molar-refractivity contribution in [3.05, 3.63) is 29.8 Å². The fraction of sp³-hybridized carbons (Fsp3) is 0.500. The summed E-state index contributed by atoms with van der Waals surface area (Å²) in [6.07, 6.45) is 0. The minimum atomic E-state index is -0.960. The molecule has 4 atom stereocenters. The number of para-hydroxylation sites is 1. The number of fused-ring (bicyclic) bond motifs is 2. The molecular weight excluding hydrogens is 306 g/mol. The zero-order chi connectivity index (χ0) is 17.6. The number of anilines is 1. The molecule has 2 unspecified atom stereocenters. The smallest absolute Gasteiger partial charge is 0.229 e. The topological polar surface area (TPSA) is 78.5 Å². The Balaban J connectivity index is 1.84. The molecule has 24 heavy (non-hydrogen) atoms. The number of hydrogen-bond acceptors (Lipinski definition) is 4. The Labute approximate surface area is 141 Å². The minimum absolute atomic E-state index is 0.0496. The minimum Gasteiger partial charge on any atom is -0.352 e. The summed E-state index contributed by atoms with van der Waals surface area (Å²) < 4.78 is 0. The average Bonchev–Trinajstić information content (AvgIpc) is 3.14.